The summed E-state index contributed by atoms with van der Waals surface area (Å²) in [5.41, 5.74) is 6.16. The lowest BCUT2D eigenvalue weighted by Crippen LogP contribution is -2.42. The molecule has 0 bridgehead atoms. The van der Waals surface area contributed by atoms with Crippen molar-refractivity contribution in [1.29, 1.82) is 0 Å². The van der Waals surface area contributed by atoms with Gasteiger partial charge in [0.15, 0.2) is 0 Å². The SMILES string of the molecule is CCC(CC)(CN)CNCC1CCCCO1. The second-order valence-electron chi connectivity index (χ2n) is 5.03. The lowest BCUT2D eigenvalue weighted by molar-refractivity contribution is 0.0153. The first-order valence-corrected chi connectivity index (χ1v) is 6.78. The summed E-state index contributed by atoms with van der Waals surface area (Å²) in [6.07, 6.45) is 6.49. The highest BCUT2D eigenvalue weighted by Crippen LogP contribution is 2.23. The molecular formula is C13H28N2O. The molecule has 0 saturated carbocycles. The Hall–Kier alpha value is -0.120. The molecule has 3 N–H and O–H groups in total. The molecule has 0 aromatic carbocycles. The van der Waals surface area contributed by atoms with Gasteiger partial charge in [-0.3, -0.25) is 0 Å². The van der Waals surface area contributed by atoms with Crippen LogP contribution in [0.25, 0.3) is 0 Å². The summed E-state index contributed by atoms with van der Waals surface area (Å²) in [6, 6.07) is 0. The lowest BCUT2D eigenvalue weighted by Gasteiger charge is -2.32. The lowest BCUT2D eigenvalue weighted by atomic mass is 9.82. The van der Waals surface area contributed by atoms with Crippen LogP contribution in [-0.2, 0) is 4.74 Å². The van der Waals surface area contributed by atoms with Crippen molar-refractivity contribution in [2.75, 3.05) is 26.2 Å². The maximum absolute atomic E-state index is 5.88. The maximum atomic E-state index is 5.88. The average Bonchev–Trinajstić information content (AvgIpc) is 2.37. The van der Waals surface area contributed by atoms with Crippen molar-refractivity contribution < 1.29 is 4.74 Å². The van der Waals surface area contributed by atoms with E-state index < -0.39 is 0 Å². The standard InChI is InChI=1S/C13H28N2O/c1-3-13(4-2,10-14)11-15-9-12-7-5-6-8-16-12/h12,15H,3-11,14H2,1-2H3. The summed E-state index contributed by atoms with van der Waals surface area (Å²) < 4.78 is 5.70. The molecule has 0 aromatic rings. The highest BCUT2D eigenvalue weighted by Gasteiger charge is 2.24. The minimum atomic E-state index is 0.286. The predicted octanol–water partition coefficient (Wildman–Crippen LogP) is 1.91. The van der Waals surface area contributed by atoms with Crippen LogP contribution in [-0.4, -0.2) is 32.3 Å². The molecule has 0 amide bonds. The molecule has 0 aliphatic carbocycles. The average molecular weight is 228 g/mol. The third kappa shape index (κ3) is 4.04. The molecular weight excluding hydrogens is 200 g/mol. The quantitative estimate of drug-likeness (QED) is 0.700. The highest BCUT2D eigenvalue weighted by molar-refractivity contribution is 4.80. The smallest absolute Gasteiger partial charge is 0.0699 e. The Balaban J connectivity index is 2.21. The zero-order chi connectivity index (χ0) is 11.9. The van der Waals surface area contributed by atoms with Crippen LogP contribution >= 0.6 is 0 Å². The summed E-state index contributed by atoms with van der Waals surface area (Å²) in [5.74, 6) is 0. The fourth-order valence-electron chi connectivity index (χ4n) is 2.33. The molecule has 3 heteroatoms. The minimum absolute atomic E-state index is 0.286. The van der Waals surface area contributed by atoms with Crippen molar-refractivity contribution >= 4 is 0 Å². The molecule has 0 radical (unpaired) electrons. The normalized spacial score (nSPS) is 22.3. The Morgan fingerprint density at radius 3 is 2.56 bits per heavy atom. The third-order valence-corrected chi connectivity index (χ3v) is 4.08. The molecule has 96 valence electrons. The van der Waals surface area contributed by atoms with E-state index in [2.05, 4.69) is 19.2 Å². The summed E-state index contributed by atoms with van der Waals surface area (Å²) in [7, 11) is 0. The molecule has 1 fully saturated rings. The zero-order valence-corrected chi connectivity index (χ0v) is 10.9. The van der Waals surface area contributed by atoms with Crippen LogP contribution in [0.15, 0.2) is 0 Å². The molecule has 1 unspecified atom stereocenters. The van der Waals surface area contributed by atoms with Gasteiger partial charge in [0.2, 0.25) is 0 Å². The fourth-order valence-corrected chi connectivity index (χ4v) is 2.33. The van der Waals surface area contributed by atoms with Crippen LogP contribution in [0.2, 0.25) is 0 Å². The van der Waals surface area contributed by atoms with E-state index >= 15 is 0 Å². The number of ether oxygens (including phenoxy) is 1. The second-order valence-corrected chi connectivity index (χ2v) is 5.03. The van der Waals surface area contributed by atoms with E-state index in [0.29, 0.717) is 6.10 Å². The van der Waals surface area contributed by atoms with Gasteiger partial charge in [0.1, 0.15) is 0 Å². The molecule has 3 nitrogen and oxygen atoms in total. The van der Waals surface area contributed by atoms with Crippen LogP contribution < -0.4 is 11.1 Å². The monoisotopic (exact) mass is 228 g/mol. The summed E-state index contributed by atoms with van der Waals surface area (Å²) in [6.45, 7) is 8.19. The van der Waals surface area contributed by atoms with E-state index in [1.807, 2.05) is 0 Å². The van der Waals surface area contributed by atoms with Gasteiger partial charge in [0.05, 0.1) is 6.10 Å². The van der Waals surface area contributed by atoms with Gasteiger partial charge in [-0.25, -0.2) is 0 Å². The van der Waals surface area contributed by atoms with Crippen LogP contribution in [0.3, 0.4) is 0 Å². The molecule has 1 rings (SSSR count). The topological polar surface area (TPSA) is 47.3 Å². The van der Waals surface area contributed by atoms with Gasteiger partial charge < -0.3 is 15.8 Å². The van der Waals surface area contributed by atoms with Crippen molar-refractivity contribution in [2.24, 2.45) is 11.1 Å². The first-order valence-electron chi connectivity index (χ1n) is 6.78. The van der Waals surface area contributed by atoms with E-state index in [9.17, 15) is 0 Å². The van der Waals surface area contributed by atoms with Crippen LogP contribution in [0.1, 0.15) is 46.0 Å². The molecule has 0 aromatic heterocycles. The van der Waals surface area contributed by atoms with Crippen molar-refractivity contribution in [3.8, 4) is 0 Å². The van der Waals surface area contributed by atoms with Crippen molar-refractivity contribution in [2.45, 2.75) is 52.1 Å². The number of nitrogens with one attached hydrogen (secondary N) is 1. The van der Waals surface area contributed by atoms with Crippen molar-refractivity contribution in [3.63, 3.8) is 0 Å². The molecule has 1 saturated heterocycles. The summed E-state index contributed by atoms with van der Waals surface area (Å²) >= 11 is 0. The second kappa shape index (κ2) is 7.25. The Labute approximate surface area is 100 Å². The van der Waals surface area contributed by atoms with Crippen molar-refractivity contribution in [1.82, 2.24) is 5.32 Å². The number of hydrogen-bond donors (Lipinski definition) is 2. The van der Waals surface area contributed by atoms with Gasteiger partial charge in [0.25, 0.3) is 0 Å². The predicted molar refractivity (Wildman–Crippen MR) is 68.5 cm³/mol. The van der Waals surface area contributed by atoms with Gasteiger partial charge in [-0.1, -0.05) is 13.8 Å². The Bertz CT molecular complexity index is 167. The number of hydrogen-bond acceptors (Lipinski definition) is 3. The van der Waals surface area contributed by atoms with Gasteiger partial charge >= 0.3 is 0 Å². The van der Waals surface area contributed by atoms with E-state index in [1.54, 1.807) is 0 Å². The van der Waals surface area contributed by atoms with Crippen LogP contribution in [0, 0.1) is 5.41 Å². The Morgan fingerprint density at radius 2 is 2.06 bits per heavy atom. The van der Waals surface area contributed by atoms with Crippen LogP contribution in [0.5, 0.6) is 0 Å². The first-order chi connectivity index (χ1) is 7.76. The Morgan fingerprint density at radius 1 is 1.31 bits per heavy atom. The molecule has 1 aliphatic rings. The minimum Gasteiger partial charge on any atom is -0.377 e. The van der Waals surface area contributed by atoms with E-state index in [-0.39, 0.29) is 5.41 Å². The summed E-state index contributed by atoms with van der Waals surface area (Å²) in [4.78, 5) is 0. The maximum Gasteiger partial charge on any atom is 0.0699 e. The molecule has 1 atom stereocenters. The van der Waals surface area contributed by atoms with E-state index in [1.165, 1.54) is 19.3 Å². The fraction of sp³-hybridized carbons (Fsp3) is 1.00. The van der Waals surface area contributed by atoms with Crippen molar-refractivity contribution in [3.05, 3.63) is 0 Å². The summed E-state index contributed by atoms with van der Waals surface area (Å²) in [5, 5.41) is 3.54. The first kappa shape index (κ1) is 13.9. The molecule has 1 aliphatic heterocycles. The van der Waals surface area contributed by atoms with Gasteiger partial charge in [-0.05, 0) is 44.1 Å². The molecule has 0 spiro atoms. The largest absolute Gasteiger partial charge is 0.377 e. The molecule has 16 heavy (non-hydrogen) atoms. The van der Waals surface area contributed by atoms with Crippen LogP contribution in [0.4, 0.5) is 0 Å². The Kier molecular flexibility index (Phi) is 6.32. The number of rotatable bonds is 7. The third-order valence-electron chi connectivity index (χ3n) is 4.08. The van der Waals surface area contributed by atoms with Gasteiger partial charge in [-0.2, -0.15) is 0 Å². The zero-order valence-electron chi connectivity index (χ0n) is 10.9. The van der Waals surface area contributed by atoms with Gasteiger partial charge in [-0.15, -0.1) is 0 Å². The van der Waals surface area contributed by atoms with E-state index in [4.69, 9.17) is 10.5 Å². The van der Waals surface area contributed by atoms with E-state index in [0.717, 1.165) is 39.1 Å². The number of nitrogens with two attached hydrogens (primary N) is 1. The highest BCUT2D eigenvalue weighted by atomic mass is 16.5. The van der Waals surface area contributed by atoms with Gasteiger partial charge in [0, 0.05) is 19.7 Å². The molecule has 1 heterocycles.